The standard InChI is InChI=1S/C29H34BrN7O/c1-35-14-4-7-22(35)19-38-29-33-25-18-36(26-9-3-6-20-5-2-8-24(30)27(20)26)15-11-23(25)28(34-29)37-16-13-32-21(17-37)10-12-31/h2-3,5-6,8-9,21-22,32H,4,7,10-11,13-19H2,1H3. The van der Waals surface area contributed by atoms with Crippen LogP contribution < -0.4 is 19.9 Å². The van der Waals surface area contributed by atoms with Gasteiger partial charge in [-0.05, 0) is 50.4 Å². The van der Waals surface area contributed by atoms with E-state index in [-0.39, 0.29) is 6.04 Å². The van der Waals surface area contributed by atoms with E-state index in [9.17, 15) is 5.26 Å². The fraction of sp³-hybridized carbons (Fsp3) is 0.483. The maximum Gasteiger partial charge on any atom is 0.318 e. The molecule has 2 saturated heterocycles. The minimum Gasteiger partial charge on any atom is -0.462 e. The van der Waals surface area contributed by atoms with Crippen LogP contribution in [-0.4, -0.2) is 73.3 Å². The van der Waals surface area contributed by atoms with Crippen molar-refractivity contribution in [1.29, 1.82) is 5.26 Å². The Balaban J connectivity index is 1.34. The van der Waals surface area contributed by atoms with Crippen LogP contribution in [0.3, 0.4) is 0 Å². The lowest BCUT2D eigenvalue weighted by Gasteiger charge is -2.37. The van der Waals surface area contributed by atoms with Crippen LogP contribution in [0.15, 0.2) is 40.9 Å². The molecule has 0 spiro atoms. The van der Waals surface area contributed by atoms with Gasteiger partial charge in [-0.25, -0.2) is 0 Å². The molecule has 198 valence electrons. The van der Waals surface area contributed by atoms with E-state index in [4.69, 9.17) is 14.7 Å². The van der Waals surface area contributed by atoms with Crippen LogP contribution in [0.4, 0.5) is 11.5 Å². The molecular formula is C29H34BrN7O. The average Bonchev–Trinajstić information content (AvgIpc) is 3.35. The summed E-state index contributed by atoms with van der Waals surface area (Å²) in [6, 6.07) is 16.2. The molecule has 3 aliphatic heterocycles. The van der Waals surface area contributed by atoms with Crippen molar-refractivity contribution in [2.45, 2.75) is 44.3 Å². The molecule has 1 N–H and O–H groups in total. The maximum atomic E-state index is 9.27. The third-order valence-corrected chi connectivity index (χ3v) is 8.83. The van der Waals surface area contributed by atoms with Gasteiger partial charge in [0.1, 0.15) is 12.4 Å². The van der Waals surface area contributed by atoms with E-state index in [0.29, 0.717) is 31.6 Å². The molecule has 6 rings (SSSR count). The Kier molecular flexibility index (Phi) is 7.37. The number of rotatable bonds is 6. The summed E-state index contributed by atoms with van der Waals surface area (Å²) < 4.78 is 7.38. The van der Waals surface area contributed by atoms with Crippen molar-refractivity contribution >= 4 is 38.2 Å². The number of likely N-dealkylation sites (N-methyl/N-ethyl adjacent to an activating group) is 1. The number of fused-ring (bicyclic) bond motifs is 2. The number of nitrogens with one attached hydrogen (secondary N) is 1. The molecule has 9 heteroatoms. The summed E-state index contributed by atoms with van der Waals surface area (Å²) in [5.74, 6) is 0.980. The van der Waals surface area contributed by atoms with Gasteiger partial charge in [-0.15, -0.1) is 0 Å². The molecule has 2 atom stereocenters. The molecule has 1 aromatic heterocycles. The van der Waals surface area contributed by atoms with Crippen LogP contribution in [0.5, 0.6) is 6.01 Å². The first-order valence-corrected chi connectivity index (χ1v) is 14.4. The maximum absolute atomic E-state index is 9.27. The van der Waals surface area contributed by atoms with Crippen LogP contribution in [-0.2, 0) is 13.0 Å². The number of aromatic nitrogens is 2. The van der Waals surface area contributed by atoms with Crippen LogP contribution in [0, 0.1) is 11.3 Å². The second-order valence-corrected chi connectivity index (χ2v) is 11.4. The van der Waals surface area contributed by atoms with E-state index in [1.165, 1.54) is 28.4 Å². The fourth-order valence-corrected chi connectivity index (χ4v) is 6.67. The normalized spacial score (nSPS) is 21.9. The Labute approximate surface area is 232 Å². The van der Waals surface area contributed by atoms with E-state index in [2.05, 4.69) is 85.5 Å². The van der Waals surface area contributed by atoms with Crippen molar-refractivity contribution in [3.8, 4) is 12.1 Å². The zero-order chi connectivity index (χ0) is 26.1. The molecule has 3 aromatic rings. The molecule has 0 radical (unpaired) electrons. The molecule has 0 bridgehead atoms. The molecule has 8 nitrogen and oxygen atoms in total. The van der Waals surface area contributed by atoms with E-state index in [1.807, 2.05) is 0 Å². The van der Waals surface area contributed by atoms with Gasteiger partial charge in [0, 0.05) is 59.4 Å². The summed E-state index contributed by atoms with van der Waals surface area (Å²) in [7, 11) is 2.16. The molecule has 0 amide bonds. The van der Waals surface area contributed by atoms with Crippen molar-refractivity contribution in [3.63, 3.8) is 0 Å². The highest BCUT2D eigenvalue weighted by Crippen LogP contribution is 2.37. The smallest absolute Gasteiger partial charge is 0.318 e. The summed E-state index contributed by atoms with van der Waals surface area (Å²) >= 11 is 3.79. The quantitative estimate of drug-likeness (QED) is 0.470. The van der Waals surface area contributed by atoms with Gasteiger partial charge in [-0.2, -0.15) is 15.2 Å². The van der Waals surface area contributed by atoms with E-state index < -0.39 is 0 Å². The Morgan fingerprint density at radius 3 is 2.82 bits per heavy atom. The molecular weight excluding hydrogens is 542 g/mol. The summed E-state index contributed by atoms with van der Waals surface area (Å²) in [5, 5.41) is 15.2. The van der Waals surface area contributed by atoms with Gasteiger partial charge in [0.15, 0.2) is 0 Å². The average molecular weight is 577 g/mol. The highest BCUT2D eigenvalue weighted by Gasteiger charge is 2.30. The second kappa shape index (κ2) is 11.0. The predicted molar refractivity (Wildman–Crippen MR) is 154 cm³/mol. The first kappa shape index (κ1) is 25.4. The molecule has 4 heterocycles. The predicted octanol–water partition coefficient (Wildman–Crippen LogP) is 4.12. The molecule has 2 aromatic carbocycles. The number of hydrogen-bond donors (Lipinski definition) is 1. The number of halogens is 1. The van der Waals surface area contributed by atoms with Crippen LogP contribution in [0.2, 0.25) is 0 Å². The molecule has 3 aliphatic rings. The summed E-state index contributed by atoms with van der Waals surface area (Å²) in [6.45, 7) is 5.78. The lowest BCUT2D eigenvalue weighted by Crippen LogP contribution is -2.51. The lowest BCUT2D eigenvalue weighted by molar-refractivity contribution is 0.187. The highest BCUT2D eigenvalue weighted by atomic mass is 79.9. The largest absolute Gasteiger partial charge is 0.462 e. The molecule has 0 saturated carbocycles. The Bertz CT molecular complexity index is 1350. The first-order chi connectivity index (χ1) is 18.6. The van der Waals surface area contributed by atoms with Crippen molar-refractivity contribution in [3.05, 3.63) is 52.1 Å². The van der Waals surface area contributed by atoms with Crippen molar-refractivity contribution in [1.82, 2.24) is 20.2 Å². The molecule has 0 aliphatic carbocycles. The van der Waals surface area contributed by atoms with Crippen molar-refractivity contribution in [2.24, 2.45) is 0 Å². The third-order valence-electron chi connectivity index (χ3n) is 8.16. The monoisotopic (exact) mass is 575 g/mol. The van der Waals surface area contributed by atoms with Crippen molar-refractivity contribution < 1.29 is 4.74 Å². The van der Waals surface area contributed by atoms with Gasteiger partial charge < -0.3 is 24.8 Å². The van der Waals surface area contributed by atoms with Gasteiger partial charge in [0.2, 0.25) is 0 Å². The zero-order valence-corrected chi connectivity index (χ0v) is 23.5. The summed E-state index contributed by atoms with van der Waals surface area (Å²) in [4.78, 5) is 17.1. The van der Waals surface area contributed by atoms with Gasteiger partial charge in [-0.3, -0.25) is 0 Å². The Morgan fingerprint density at radius 2 is 2.00 bits per heavy atom. The number of nitrogens with zero attached hydrogens (tertiary/aromatic N) is 6. The number of ether oxygens (including phenoxy) is 1. The number of hydrogen-bond acceptors (Lipinski definition) is 8. The van der Waals surface area contributed by atoms with Crippen LogP contribution in [0.1, 0.15) is 30.5 Å². The Morgan fingerprint density at radius 1 is 1.13 bits per heavy atom. The number of piperazine rings is 1. The zero-order valence-electron chi connectivity index (χ0n) is 21.9. The van der Waals surface area contributed by atoms with E-state index >= 15 is 0 Å². The van der Waals surface area contributed by atoms with Gasteiger partial charge in [0.05, 0.1) is 24.7 Å². The highest BCUT2D eigenvalue weighted by molar-refractivity contribution is 9.10. The first-order valence-electron chi connectivity index (χ1n) is 13.6. The van der Waals surface area contributed by atoms with E-state index in [1.54, 1.807) is 0 Å². The molecule has 2 unspecified atom stereocenters. The molecule has 2 fully saturated rings. The topological polar surface area (TPSA) is 80.5 Å². The minimum absolute atomic E-state index is 0.143. The second-order valence-electron chi connectivity index (χ2n) is 10.6. The SMILES string of the molecule is CN1CCCC1COc1nc2c(c(N3CCNC(CC#N)C3)n1)CCN(c1cccc3cccc(Br)c13)C2. The third kappa shape index (κ3) is 5.05. The number of nitriles is 1. The lowest BCUT2D eigenvalue weighted by atomic mass is 10.0. The molecule has 38 heavy (non-hydrogen) atoms. The van der Waals surface area contributed by atoms with Crippen LogP contribution in [0.25, 0.3) is 10.8 Å². The number of likely N-dealkylation sites (tertiary alicyclic amines) is 1. The van der Waals surface area contributed by atoms with Gasteiger partial charge in [0.25, 0.3) is 0 Å². The van der Waals surface area contributed by atoms with Crippen LogP contribution >= 0.6 is 15.9 Å². The number of benzene rings is 2. The van der Waals surface area contributed by atoms with E-state index in [0.717, 1.165) is 61.5 Å². The number of anilines is 2. The Hall–Kier alpha value is -2.93. The minimum atomic E-state index is 0.143. The van der Waals surface area contributed by atoms with Crippen molar-refractivity contribution in [2.75, 3.05) is 56.2 Å². The summed E-state index contributed by atoms with van der Waals surface area (Å²) in [6.07, 6.45) is 3.71. The fourth-order valence-electron chi connectivity index (χ4n) is 6.09. The summed E-state index contributed by atoms with van der Waals surface area (Å²) in [5.41, 5.74) is 3.46. The van der Waals surface area contributed by atoms with Gasteiger partial charge >= 0.3 is 6.01 Å². The van der Waals surface area contributed by atoms with Gasteiger partial charge in [-0.1, -0.05) is 40.2 Å².